The van der Waals surface area contributed by atoms with Crippen LogP contribution in [-0.2, 0) is 0 Å². The number of nitrogens with zero attached hydrogens (tertiary/aromatic N) is 1. The normalized spacial score (nSPS) is 19.2. The van der Waals surface area contributed by atoms with Crippen LogP contribution >= 0.6 is 11.3 Å². The molecule has 3 rings (SSSR count). The van der Waals surface area contributed by atoms with E-state index in [9.17, 15) is 0 Å². The molecule has 0 radical (unpaired) electrons. The zero-order valence-electron chi connectivity index (χ0n) is 11.1. The Morgan fingerprint density at radius 2 is 2.00 bits per heavy atom. The molecule has 1 saturated carbocycles. The Bertz CT molecular complexity index is 544. The second-order valence-corrected chi connectivity index (χ2v) is 6.46. The summed E-state index contributed by atoms with van der Waals surface area (Å²) in [5.74, 6) is 0.729. The summed E-state index contributed by atoms with van der Waals surface area (Å²) in [4.78, 5) is 4.35. The zero-order valence-corrected chi connectivity index (χ0v) is 11.9. The summed E-state index contributed by atoms with van der Waals surface area (Å²) < 4.78 is 7.17. The summed E-state index contributed by atoms with van der Waals surface area (Å²) in [5.41, 5.74) is 6.31. The Morgan fingerprint density at radius 1 is 1.21 bits per heavy atom. The number of hydrogen-bond acceptors (Lipinski definition) is 4. The van der Waals surface area contributed by atoms with Crippen molar-refractivity contribution in [2.24, 2.45) is 5.73 Å². The first-order valence-corrected chi connectivity index (χ1v) is 7.89. The van der Waals surface area contributed by atoms with E-state index in [1.165, 1.54) is 30.4 Å². The number of nitrogens with two attached hydrogens (primary N) is 1. The maximum Gasteiger partial charge on any atom is 0.222 e. The fraction of sp³-hybridized carbons (Fsp3) is 0.533. The molecule has 2 aromatic rings. The van der Waals surface area contributed by atoms with Crippen LogP contribution in [-0.4, -0.2) is 17.1 Å². The van der Waals surface area contributed by atoms with Gasteiger partial charge in [0.05, 0.1) is 10.9 Å². The third-order valence-corrected chi connectivity index (χ3v) is 4.82. The van der Waals surface area contributed by atoms with Crippen LogP contribution in [0.4, 0.5) is 0 Å². The number of pyridine rings is 1. The first-order valence-electron chi connectivity index (χ1n) is 7.01. The van der Waals surface area contributed by atoms with Gasteiger partial charge in [0.1, 0.15) is 6.61 Å². The third-order valence-electron chi connectivity index (χ3n) is 3.94. The van der Waals surface area contributed by atoms with E-state index in [2.05, 4.69) is 16.4 Å². The predicted molar refractivity (Wildman–Crippen MR) is 79.7 cm³/mol. The van der Waals surface area contributed by atoms with E-state index in [0.29, 0.717) is 6.61 Å². The molecular weight excluding hydrogens is 256 g/mol. The largest absolute Gasteiger partial charge is 0.475 e. The molecule has 4 heteroatoms. The van der Waals surface area contributed by atoms with Crippen molar-refractivity contribution < 1.29 is 4.74 Å². The predicted octanol–water partition coefficient (Wildman–Crippen LogP) is 3.73. The van der Waals surface area contributed by atoms with E-state index in [4.69, 9.17) is 10.5 Å². The van der Waals surface area contributed by atoms with Crippen molar-refractivity contribution in [3.63, 3.8) is 0 Å². The molecule has 0 aromatic carbocycles. The highest BCUT2D eigenvalue weighted by molar-refractivity contribution is 7.17. The lowest BCUT2D eigenvalue weighted by Gasteiger charge is -2.27. The number of aromatic nitrogens is 1. The second-order valence-electron chi connectivity index (χ2n) is 5.51. The van der Waals surface area contributed by atoms with Gasteiger partial charge in [-0.05, 0) is 30.4 Å². The topological polar surface area (TPSA) is 48.1 Å². The maximum atomic E-state index is 6.48. The van der Waals surface area contributed by atoms with Gasteiger partial charge in [-0.25, -0.2) is 4.98 Å². The van der Waals surface area contributed by atoms with Crippen LogP contribution in [0.3, 0.4) is 0 Å². The van der Waals surface area contributed by atoms with Crippen molar-refractivity contribution >= 4 is 21.4 Å². The van der Waals surface area contributed by atoms with Gasteiger partial charge in [0.15, 0.2) is 0 Å². The summed E-state index contributed by atoms with van der Waals surface area (Å²) in [6.45, 7) is 0.578. The van der Waals surface area contributed by atoms with Crippen molar-refractivity contribution in [2.45, 2.75) is 44.1 Å². The van der Waals surface area contributed by atoms with Crippen LogP contribution in [0.25, 0.3) is 10.1 Å². The number of fused-ring (bicyclic) bond motifs is 1. The molecule has 2 N–H and O–H groups in total. The minimum Gasteiger partial charge on any atom is -0.475 e. The molecule has 1 aliphatic rings. The van der Waals surface area contributed by atoms with Gasteiger partial charge in [-0.15, -0.1) is 11.3 Å². The summed E-state index contributed by atoms with van der Waals surface area (Å²) in [6, 6.07) is 4.09. The van der Waals surface area contributed by atoms with E-state index in [0.717, 1.165) is 24.1 Å². The van der Waals surface area contributed by atoms with Gasteiger partial charge in [-0.3, -0.25) is 0 Å². The summed E-state index contributed by atoms with van der Waals surface area (Å²) in [5, 5.41) is 3.17. The maximum absolute atomic E-state index is 6.48. The van der Waals surface area contributed by atoms with Crippen molar-refractivity contribution in [3.8, 4) is 5.88 Å². The van der Waals surface area contributed by atoms with Crippen molar-refractivity contribution in [1.29, 1.82) is 0 Å². The number of rotatable bonds is 3. The quantitative estimate of drug-likeness (QED) is 0.869. The van der Waals surface area contributed by atoms with E-state index in [1.54, 1.807) is 11.3 Å². The first kappa shape index (κ1) is 12.9. The molecule has 0 saturated heterocycles. The molecule has 3 nitrogen and oxygen atoms in total. The Morgan fingerprint density at radius 3 is 2.79 bits per heavy atom. The fourth-order valence-corrected chi connectivity index (χ4v) is 3.55. The highest BCUT2D eigenvalue weighted by Gasteiger charge is 2.27. The van der Waals surface area contributed by atoms with Crippen molar-refractivity contribution in [1.82, 2.24) is 4.98 Å². The average molecular weight is 276 g/mol. The molecule has 2 heterocycles. The molecule has 19 heavy (non-hydrogen) atoms. The SMILES string of the molecule is NC1(COc2nccc3sccc23)CCCCCC1. The van der Waals surface area contributed by atoms with Crippen LogP contribution in [0.15, 0.2) is 23.7 Å². The number of thiophene rings is 1. The summed E-state index contributed by atoms with van der Waals surface area (Å²) in [6.07, 6.45) is 8.98. The van der Waals surface area contributed by atoms with Gasteiger partial charge < -0.3 is 10.5 Å². The van der Waals surface area contributed by atoms with Crippen LogP contribution in [0, 0.1) is 0 Å². The Balaban J connectivity index is 1.73. The Labute approximate surface area is 117 Å². The average Bonchev–Trinajstić information content (AvgIpc) is 2.80. The van der Waals surface area contributed by atoms with Gasteiger partial charge in [0.25, 0.3) is 0 Å². The first-order chi connectivity index (χ1) is 9.27. The summed E-state index contributed by atoms with van der Waals surface area (Å²) in [7, 11) is 0. The highest BCUT2D eigenvalue weighted by Crippen LogP contribution is 2.30. The van der Waals surface area contributed by atoms with Crippen LogP contribution in [0.1, 0.15) is 38.5 Å². The van der Waals surface area contributed by atoms with E-state index in [-0.39, 0.29) is 5.54 Å². The van der Waals surface area contributed by atoms with Gasteiger partial charge in [-0.1, -0.05) is 25.7 Å². The fourth-order valence-electron chi connectivity index (χ4n) is 2.77. The molecule has 1 fully saturated rings. The molecule has 0 amide bonds. The smallest absolute Gasteiger partial charge is 0.222 e. The monoisotopic (exact) mass is 276 g/mol. The molecular formula is C15H20N2OS. The second kappa shape index (κ2) is 5.47. The molecule has 0 aliphatic heterocycles. The van der Waals surface area contributed by atoms with Gasteiger partial charge in [0, 0.05) is 10.9 Å². The molecule has 0 unspecified atom stereocenters. The van der Waals surface area contributed by atoms with E-state index >= 15 is 0 Å². The van der Waals surface area contributed by atoms with Gasteiger partial charge in [-0.2, -0.15) is 0 Å². The lowest BCUT2D eigenvalue weighted by molar-refractivity contribution is 0.196. The van der Waals surface area contributed by atoms with E-state index < -0.39 is 0 Å². The van der Waals surface area contributed by atoms with Crippen LogP contribution < -0.4 is 10.5 Å². The van der Waals surface area contributed by atoms with Crippen molar-refractivity contribution in [3.05, 3.63) is 23.7 Å². The minimum atomic E-state index is -0.170. The number of hydrogen-bond donors (Lipinski definition) is 1. The highest BCUT2D eigenvalue weighted by atomic mass is 32.1. The van der Waals surface area contributed by atoms with Crippen LogP contribution in [0.2, 0.25) is 0 Å². The number of ether oxygens (including phenoxy) is 1. The molecule has 0 spiro atoms. The standard InChI is InChI=1S/C15H20N2OS/c16-15(7-3-1-2-4-8-15)11-18-14-12-6-10-19-13(12)5-9-17-14/h5-6,9-10H,1-4,7-8,11,16H2. The van der Waals surface area contributed by atoms with Crippen LogP contribution in [0.5, 0.6) is 5.88 Å². The molecule has 2 aromatic heterocycles. The molecule has 1 aliphatic carbocycles. The molecule has 0 bridgehead atoms. The molecule has 102 valence electrons. The van der Waals surface area contributed by atoms with Crippen molar-refractivity contribution in [2.75, 3.05) is 6.61 Å². The lowest BCUT2D eigenvalue weighted by Crippen LogP contribution is -2.45. The Kier molecular flexibility index (Phi) is 3.71. The molecule has 0 atom stereocenters. The minimum absolute atomic E-state index is 0.170. The van der Waals surface area contributed by atoms with Gasteiger partial charge >= 0.3 is 0 Å². The summed E-state index contributed by atoms with van der Waals surface area (Å²) >= 11 is 1.71. The van der Waals surface area contributed by atoms with E-state index in [1.807, 2.05) is 12.3 Å². The zero-order chi connectivity index (χ0) is 13.1. The van der Waals surface area contributed by atoms with Gasteiger partial charge in [0.2, 0.25) is 5.88 Å². The third kappa shape index (κ3) is 2.90. The lowest BCUT2D eigenvalue weighted by atomic mass is 9.93. The Hall–Kier alpha value is -1.13.